The number of carbonyl (C=O) groups excluding carboxylic acids is 1. The number of carbonyl (C=O) groups is 1. The van der Waals surface area contributed by atoms with Crippen LogP contribution in [0.1, 0.15) is 12.2 Å². The van der Waals surface area contributed by atoms with E-state index in [1.807, 2.05) is 18.2 Å². The molecule has 0 spiro atoms. The van der Waals surface area contributed by atoms with Crippen molar-refractivity contribution in [3.63, 3.8) is 0 Å². The molecule has 1 aromatic carbocycles. The van der Waals surface area contributed by atoms with Gasteiger partial charge < -0.3 is 15.0 Å². The molecule has 0 aliphatic heterocycles. The molecule has 1 amide bonds. The Balaban J connectivity index is 1.78. The molecule has 0 aliphatic rings. The number of fused-ring (bicyclic) bond motifs is 1. The summed E-state index contributed by atoms with van der Waals surface area (Å²) in [5.74, 6) is 1.31. The zero-order valence-corrected chi connectivity index (χ0v) is 13.9. The number of methoxy groups -OCH3 is 1. The van der Waals surface area contributed by atoms with Crippen molar-refractivity contribution >= 4 is 27.0 Å². The molecule has 2 rings (SSSR count). The SMILES string of the molecule is COc1ccc2nc(CCNC(=O)CCNS(C)(=O)=O)[nH]c2c1. The number of benzene rings is 1. The Hall–Kier alpha value is -2.13. The van der Waals surface area contributed by atoms with Crippen LogP contribution in [0.4, 0.5) is 0 Å². The second-order valence-corrected chi connectivity index (χ2v) is 6.92. The van der Waals surface area contributed by atoms with Gasteiger partial charge in [0.15, 0.2) is 0 Å². The number of hydrogen-bond acceptors (Lipinski definition) is 5. The van der Waals surface area contributed by atoms with Crippen LogP contribution in [-0.4, -0.2) is 50.7 Å². The van der Waals surface area contributed by atoms with Crippen LogP contribution in [0.25, 0.3) is 11.0 Å². The first-order valence-corrected chi connectivity index (χ1v) is 9.00. The fourth-order valence-electron chi connectivity index (χ4n) is 2.05. The van der Waals surface area contributed by atoms with Crippen molar-refractivity contribution in [1.29, 1.82) is 0 Å². The summed E-state index contributed by atoms with van der Waals surface area (Å²) in [6.45, 7) is 0.518. The fourth-order valence-corrected chi connectivity index (χ4v) is 2.52. The van der Waals surface area contributed by atoms with E-state index in [2.05, 4.69) is 20.0 Å². The summed E-state index contributed by atoms with van der Waals surface area (Å²) in [5, 5.41) is 2.73. The summed E-state index contributed by atoms with van der Waals surface area (Å²) in [6.07, 6.45) is 1.72. The van der Waals surface area contributed by atoms with E-state index in [4.69, 9.17) is 4.74 Å². The Kier molecular flexibility index (Phi) is 5.56. The van der Waals surface area contributed by atoms with Gasteiger partial charge in [-0.25, -0.2) is 18.1 Å². The molecule has 2 aromatic rings. The molecule has 1 aromatic heterocycles. The molecule has 9 heteroatoms. The normalized spacial score (nSPS) is 11.6. The maximum atomic E-state index is 11.6. The number of H-pyrrole nitrogens is 1. The zero-order valence-electron chi connectivity index (χ0n) is 13.0. The number of aromatic amines is 1. The highest BCUT2D eigenvalue weighted by atomic mass is 32.2. The Morgan fingerprint density at radius 3 is 2.83 bits per heavy atom. The minimum Gasteiger partial charge on any atom is -0.497 e. The quantitative estimate of drug-likeness (QED) is 0.634. The van der Waals surface area contributed by atoms with Crippen LogP contribution < -0.4 is 14.8 Å². The van der Waals surface area contributed by atoms with Gasteiger partial charge >= 0.3 is 0 Å². The van der Waals surface area contributed by atoms with Gasteiger partial charge in [0.05, 0.1) is 24.4 Å². The molecule has 23 heavy (non-hydrogen) atoms. The fraction of sp³-hybridized carbons (Fsp3) is 0.429. The van der Waals surface area contributed by atoms with Crippen LogP contribution in [0.3, 0.4) is 0 Å². The van der Waals surface area contributed by atoms with E-state index in [9.17, 15) is 13.2 Å². The first-order chi connectivity index (χ1) is 10.9. The Morgan fingerprint density at radius 2 is 2.13 bits per heavy atom. The van der Waals surface area contributed by atoms with Gasteiger partial charge in [0, 0.05) is 32.0 Å². The number of nitrogens with zero attached hydrogens (tertiary/aromatic N) is 1. The van der Waals surface area contributed by atoms with E-state index in [1.165, 1.54) is 0 Å². The molecule has 0 fully saturated rings. The summed E-state index contributed by atoms with van der Waals surface area (Å²) in [6, 6.07) is 5.56. The Morgan fingerprint density at radius 1 is 1.35 bits per heavy atom. The van der Waals surface area contributed by atoms with Crippen molar-refractivity contribution in [3.05, 3.63) is 24.0 Å². The van der Waals surface area contributed by atoms with Crippen LogP contribution in [0.5, 0.6) is 5.75 Å². The number of amides is 1. The van der Waals surface area contributed by atoms with E-state index in [0.717, 1.165) is 28.9 Å². The van der Waals surface area contributed by atoms with Crippen molar-refractivity contribution in [2.45, 2.75) is 12.8 Å². The molecule has 8 nitrogen and oxygen atoms in total. The molecule has 0 atom stereocenters. The van der Waals surface area contributed by atoms with E-state index >= 15 is 0 Å². The number of nitrogens with one attached hydrogen (secondary N) is 3. The third-order valence-electron chi connectivity index (χ3n) is 3.14. The van der Waals surface area contributed by atoms with Gasteiger partial charge in [0.1, 0.15) is 11.6 Å². The second kappa shape index (κ2) is 7.42. The largest absolute Gasteiger partial charge is 0.497 e. The average molecular weight is 340 g/mol. The van der Waals surface area contributed by atoms with Gasteiger partial charge in [0.2, 0.25) is 15.9 Å². The lowest BCUT2D eigenvalue weighted by molar-refractivity contribution is -0.120. The third-order valence-corrected chi connectivity index (χ3v) is 3.87. The van der Waals surface area contributed by atoms with Crippen LogP contribution >= 0.6 is 0 Å². The molecule has 0 saturated heterocycles. The van der Waals surface area contributed by atoms with E-state index in [0.29, 0.717) is 13.0 Å². The van der Waals surface area contributed by atoms with E-state index < -0.39 is 10.0 Å². The van der Waals surface area contributed by atoms with Crippen LogP contribution in [0, 0.1) is 0 Å². The third kappa shape index (κ3) is 5.53. The number of aromatic nitrogens is 2. The van der Waals surface area contributed by atoms with Crippen molar-refractivity contribution in [2.75, 3.05) is 26.5 Å². The lowest BCUT2D eigenvalue weighted by Crippen LogP contribution is -2.31. The van der Waals surface area contributed by atoms with Crippen LogP contribution in [0.15, 0.2) is 18.2 Å². The highest BCUT2D eigenvalue weighted by Gasteiger charge is 2.06. The van der Waals surface area contributed by atoms with Crippen LogP contribution in [0.2, 0.25) is 0 Å². The first kappa shape index (κ1) is 17.2. The minimum absolute atomic E-state index is 0.0924. The van der Waals surface area contributed by atoms with Crippen LogP contribution in [-0.2, 0) is 21.2 Å². The highest BCUT2D eigenvalue weighted by Crippen LogP contribution is 2.18. The molecule has 3 N–H and O–H groups in total. The number of rotatable bonds is 8. The molecule has 126 valence electrons. The standard InChI is InChI=1S/C14H20N4O4S/c1-22-10-3-4-11-12(9-10)18-13(17-11)5-7-15-14(19)6-8-16-23(2,20)21/h3-4,9,16H,5-8H2,1-2H3,(H,15,19)(H,17,18). The monoisotopic (exact) mass is 340 g/mol. The average Bonchev–Trinajstić information content (AvgIpc) is 2.87. The topological polar surface area (TPSA) is 113 Å². The molecule has 0 radical (unpaired) electrons. The number of sulfonamides is 1. The summed E-state index contributed by atoms with van der Waals surface area (Å²) < 4.78 is 29.2. The van der Waals surface area contributed by atoms with Crippen molar-refractivity contribution in [1.82, 2.24) is 20.0 Å². The van der Waals surface area contributed by atoms with Crippen molar-refractivity contribution in [2.24, 2.45) is 0 Å². The maximum absolute atomic E-state index is 11.6. The van der Waals surface area contributed by atoms with Gasteiger partial charge in [-0.2, -0.15) is 0 Å². The number of hydrogen-bond donors (Lipinski definition) is 3. The lowest BCUT2D eigenvalue weighted by Gasteiger charge is -2.04. The van der Waals surface area contributed by atoms with Gasteiger partial charge in [-0.05, 0) is 12.1 Å². The second-order valence-electron chi connectivity index (χ2n) is 5.08. The van der Waals surface area contributed by atoms with E-state index in [-0.39, 0.29) is 18.9 Å². The van der Waals surface area contributed by atoms with Gasteiger partial charge in [-0.15, -0.1) is 0 Å². The predicted octanol–water partition coefficient (Wildman–Crippen LogP) is 0.170. The molecule has 0 bridgehead atoms. The zero-order chi connectivity index (χ0) is 16.9. The highest BCUT2D eigenvalue weighted by molar-refractivity contribution is 7.88. The molecular formula is C14H20N4O4S. The first-order valence-electron chi connectivity index (χ1n) is 7.11. The van der Waals surface area contributed by atoms with Crippen molar-refractivity contribution < 1.29 is 17.9 Å². The number of ether oxygens (including phenoxy) is 1. The molecule has 0 aliphatic carbocycles. The molecule has 1 heterocycles. The summed E-state index contributed by atoms with van der Waals surface area (Å²) >= 11 is 0. The summed E-state index contributed by atoms with van der Waals surface area (Å²) in [4.78, 5) is 19.2. The minimum atomic E-state index is -3.26. The smallest absolute Gasteiger partial charge is 0.221 e. The van der Waals surface area contributed by atoms with Crippen molar-refractivity contribution in [3.8, 4) is 5.75 Å². The summed E-state index contributed by atoms with van der Waals surface area (Å²) in [7, 11) is -1.66. The molecule has 0 saturated carbocycles. The predicted molar refractivity (Wildman–Crippen MR) is 86.8 cm³/mol. The maximum Gasteiger partial charge on any atom is 0.221 e. The molecule has 0 unspecified atom stereocenters. The van der Waals surface area contributed by atoms with Gasteiger partial charge in [-0.3, -0.25) is 4.79 Å². The Bertz CT molecular complexity index is 785. The Labute approximate surface area is 134 Å². The molecular weight excluding hydrogens is 320 g/mol. The van der Waals surface area contributed by atoms with Gasteiger partial charge in [-0.1, -0.05) is 0 Å². The summed E-state index contributed by atoms with van der Waals surface area (Å²) in [5.41, 5.74) is 1.72. The number of imidazole rings is 1. The van der Waals surface area contributed by atoms with Gasteiger partial charge in [0.25, 0.3) is 0 Å². The lowest BCUT2D eigenvalue weighted by atomic mass is 10.3. The van der Waals surface area contributed by atoms with E-state index in [1.54, 1.807) is 7.11 Å².